The molecular formula is C9H15N3. The molecule has 0 aliphatic rings. The van der Waals surface area contributed by atoms with E-state index in [0.717, 1.165) is 5.56 Å². The fourth-order valence-electron chi connectivity index (χ4n) is 0.903. The van der Waals surface area contributed by atoms with E-state index in [-0.39, 0.29) is 5.41 Å². The summed E-state index contributed by atoms with van der Waals surface area (Å²) in [5.74, 6) is 0.406. The molecule has 1 aromatic rings. The topological polar surface area (TPSA) is 64.9 Å². The van der Waals surface area contributed by atoms with Gasteiger partial charge in [-0.15, -0.1) is 0 Å². The van der Waals surface area contributed by atoms with Crippen LogP contribution in [0.15, 0.2) is 12.3 Å². The predicted octanol–water partition coefficient (Wildman–Crippen LogP) is 1.54. The Bertz CT molecular complexity index is 286. The van der Waals surface area contributed by atoms with Crippen molar-refractivity contribution in [2.75, 3.05) is 11.5 Å². The van der Waals surface area contributed by atoms with Crippen LogP contribution >= 0.6 is 0 Å². The molecule has 3 nitrogen and oxygen atoms in total. The summed E-state index contributed by atoms with van der Waals surface area (Å²) in [5.41, 5.74) is 12.9. The minimum atomic E-state index is 0.0782. The smallest absolute Gasteiger partial charge is 0.146 e. The molecule has 0 saturated heterocycles. The molecule has 1 aromatic heterocycles. The second-order valence-electron chi connectivity index (χ2n) is 3.95. The predicted molar refractivity (Wildman–Crippen MR) is 51.8 cm³/mol. The molecule has 4 N–H and O–H groups in total. The molecule has 0 spiro atoms. The standard InChI is InChI=1S/C9H15N3/c1-9(2,3)6-4-7(10)8(11)12-5-6/h4-5H,10H2,1-3H3,(H2,11,12). The van der Waals surface area contributed by atoms with Gasteiger partial charge in [0.1, 0.15) is 5.82 Å². The maximum absolute atomic E-state index is 5.63. The van der Waals surface area contributed by atoms with Crippen molar-refractivity contribution in [2.24, 2.45) is 0 Å². The number of hydrogen-bond acceptors (Lipinski definition) is 3. The molecule has 0 aliphatic carbocycles. The minimum absolute atomic E-state index is 0.0782. The van der Waals surface area contributed by atoms with E-state index in [2.05, 4.69) is 25.8 Å². The summed E-state index contributed by atoms with van der Waals surface area (Å²) in [6, 6.07) is 1.88. The van der Waals surface area contributed by atoms with E-state index < -0.39 is 0 Å². The molecular weight excluding hydrogens is 150 g/mol. The third-order valence-corrected chi connectivity index (χ3v) is 1.82. The summed E-state index contributed by atoms with van der Waals surface area (Å²) < 4.78 is 0. The SMILES string of the molecule is CC(C)(C)c1cnc(N)c(N)c1. The van der Waals surface area contributed by atoms with E-state index in [1.54, 1.807) is 6.20 Å². The van der Waals surface area contributed by atoms with Gasteiger partial charge in [-0.25, -0.2) is 4.98 Å². The van der Waals surface area contributed by atoms with Gasteiger partial charge >= 0.3 is 0 Å². The first kappa shape index (κ1) is 8.84. The van der Waals surface area contributed by atoms with Crippen molar-refractivity contribution in [2.45, 2.75) is 26.2 Å². The first-order valence-corrected chi connectivity index (χ1v) is 3.93. The third-order valence-electron chi connectivity index (χ3n) is 1.82. The van der Waals surface area contributed by atoms with Gasteiger partial charge in [0.15, 0.2) is 0 Å². The van der Waals surface area contributed by atoms with E-state index in [9.17, 15) is 0 Å². The Hall–Kier alpha value is -1.25. The Balaban J connectivity index is 3.14. The van der Waals surface area contributed by atoms with Crippen LogP contribution in [0.5, 0.6) is 0 Å². The first-order valence-electron chi connectivity index (χ1n) is 3.93. The largest absolute Gasteiger partial charge is 0.396 e. The molecule has 0 bridgehead atoms. The van der Waals surface area contributed by atoms with Gasteiger partial charge in [-0.1, -0.05) is 20.8 Å². The summed E-state index contributed by atoms with van der Waals surface area (Å²) in [4.78, 5) is 4.00. The molecule has 12 heavy (non-hydrogen) atoms. The number of anilines is 2. The Labute approximate surface area is 72.8 Å². The van der Waals surface area contributed by atoms with Gasteiger partial charge in [0.2, 0.25) is 0 Å². The van der Waals surface area contributed by atoms with Crippen LogP contribution in [-0.2, 0) is 5.41 Å². The van der Waals surface area contributed by atoms with Gasteiger partial charge in [-0.05, 0) is 17.0 Å². The Morgan fingerprint density at radius 2 is 1.83 bits per heavy atom. The lowest BCUT2D eigenvalue weighted by Crippen LogP contribution is -2.12. The lowest BCUT2D eigenvalue weighted by molar-refractivity contribution is 0.588. The highest BCUT2D eigenvalue weighted by Gasteiger charge is 2.14. The summed E-state index contributed by atoms with van der Waals surface area (Å²) >= 11 is 0. The average Bonchev–Trinajstić information content (AvgIpc) is 1.92. The van der Waals surface area contributed by atoms with E-state index in [1.165, 1.54) is 0 Å². The van der Waals surface area contributed by atoms with Gasteiger partial charge in [-0.3, -0.25) is 0 Å². The van der Waals surface area contributed by atoms with Gasteiger partial charge in [0.05, 0.1) is 5.69 Å². The molecule has 0 aliphatic heterocycles. The maximum Gasteiger partial charge on any atom is 0.146 e. The van der Waals surface area contributed by atoms with Crippen molar-refractivity contribution in [3.8, 4) is 0 Å². The van der Waals surface area contributed by atoms with Crippen LogP contribution in [-0.4, -0.2) is 4.98 Å². The van der Waals surface area contributed by atoms with Crippen molar-refractivity contribution < 1.29 is 0 Å². The Morgan fingerprint density at radius 1 is 1.25 bits per heavy atom. The van der Waals surface area contributed by atoms with Crippen LogP contribution in [0.1, 0.15) is 26.3 Å². The average molecular weight is 165 g/mol. The van der Waals surface area contributed by atoms with Crippen molar-refractivity contribution in [3.63, 3.8) is 0 Å². The lowest BCUT2D eigenvalue weighted by atomic mass is 9.88. The molecule has 0 unspecified atom stereocenters. The van der Waals surface area contributed by atoms with Crippen LogP contribution in [0.2, 0.25) is 0 Å². The zero-order valence-corrected chi connectivity index (χ0v) is 7.76. The first-order chi connectivity index (χ1) is 5.41. The van der Waals surface area contributed by atoms with Crippen LogP contribution < -0.4 is 11.5 Å². The normalized spacial score (nSPS) is 11.6. The number of nitrogens with zero attached hydrogens (tertiary/aromatic N) is 1. The van der Waals surface area contributed by atoms with Crippen LogP contribution in [0, 0.1) is 0 Å². The summed E-state index contributed by atoms with van der Waals surface area (Å²) in [5, 5.41) is 0. The molecule has 0 amide bonds. The summed E-state index contributed by atoms with van der Waals surface area (Å²) in [7, 11) is 0. The summed E-state index contributed by atoms with van der Waals surface area (Å²) in [6.45, 7) is 6.33. The van der Waals surface area contributed by atoms with Crippen molar-refractivity contribution in [3.05, 3.63) is 17.8 Å². The van der Waals surface area contributed by atoms with E-state index >= 15 is 0 Å². The van der Waals surface area contributed by atoms with E-state index in [1.807, 2.05) is 6.07 Å². The third kappa shape index (κ3) is 1.67. The van der Waals surface area contributed by atoms with E-state index in [0.29, 0.717) is 11.5 Å². The quantitative estimate of drug-likeness (QED) is 0.613. The van der Waals surface area contributed by atoms with Crippen LogP contribution in [0.25, 0.3) is 0 Å². The second-order valence-corrected chi connectivity index (χ2v) is 3.95. The van der Waals surface area contributed by atoms with Gasteiger partial charge in [-0.2, -0.15) is 0 Å². The molecule has 0 saturated carbocycles. The highest BCUT2D eigenvalue weighted by Crippen LogP contribution is 2.24. The molecule has 0 radical (unpaired) electrons. The fourth-order valence-corrected chi connectivity index (χ4v) is 0.903. The van der Waals surface area contributed by atoms with Gasteiger partial charge < -0.3 is 11.5 Å². The number of hydrogen-bond donors (Lipinski definition) is 2. The highest BCUT2D eigenvalue weighted by molar-refractivity contribution is 5.59. The zero-order chi connectivity index (χ0) is 9.35. The molecule has 0 fully saturated rings. The van der Waals surface area contributed by atoms with Crippen LogP contribution in [0.4, 0.5) is 11.5 Å². The van der Waals surface area contributed by atoms with E-state index in [4.69, 9.17) is 11.5 Å². The van der Waals surface area contributed by atoms with Crippen molar-refractivity contribution >= 4 is 11.5 Å². The zero-order valence-electron chi connectivity index (χ0n) is 7.76. The van der Waals surface area contributed by atoms with Gasteiger partial charge in [0, 0.05) is 6.20 Å². The number of nitrogens with two attached hydrogens (primary N) is 2. The van der Waals surface area contributed by atoms with Crippen molar-refractivity contribution in [1.29, 1.82) is 0 Å². The minimum Gasteiger partial charge on any atom is -0.396 e. The van der Waals surface area contributed by atoms with Gasteiger partial charge in [0.25, 0.3) is 0 Å². The molecule has 3 heteroatoms. The fraction of sp³-hybridized carbons (Fsp3) is 0.444. The summed E-state index contributed by atoms with van der Waals surface area (Å²) in [6.07, 6.45) is 1.77. The number of aromatic nitrogens is 1. The Morgan fingerprint density at radius 3 is 2.25 bits per heavy atom. The lowest BCUT2D eigenvalue weighted by Gasteiger charge is -2.18. The maximum atomic E-state index is 5.63. The number of pyridine rings is 1. The molecule has 1 rings (SSSR count). The number of rotatable bonds is 0. The molecule has 0 aromatic carbocycles. The second kappa shape index (κ2) is 2.66. The Kier molecular flexibility index (Phi) is 1.96. The number of nitrogen functional groups attached to an aromatic ring is 2. The van der Waals surface area contributed by atoms with Crippen molar-refractivity contribution in [1.82, 2.24) is 4.98 Å². The van der Waals surface area contributed by atoms with Crippen LogP contribution in [0.3, 0.4) is 0 Å². The monoisotopic (exact) mass is 165 g/mol. The molecule has 66 valence electrons. The molecule has 1 heterocycles. The molecule has 0 atom stereocenters. The highest BCUT2D eigenvalue weighted by atomic mass is 14.9.